The molecule has 0 N–H and O–H groups in total. The Kier molecular flexibility index (Phi) is 4.81. The van der Waals surface area contributed by atoms with E-state index in [9.17, 15) is 0 Å². The summed E-state index contributed by atoms with van der Waals surface area (Å²) in [5, 5.41) is 17.6. The van der Waals surface area contributed by atoms with E-state index in [1.807, 2.05) is 30.3 Å². The molecule has 0 amide bonds. The number of aromatic nitrogens is 3. The van der Waals surface area contributed by atoms with Crippen molar-refractivity contribution in [3.8, 4) is 11.8 Å². The van der Waals surface area contributed by atoms with Crippen LogP contribution in [0, 0.1) is 11.3 Å². The summed E-state index contributed by atoms with van der Waals surface area (Å²) in [6, 6.07) is 9.64. The summed E-state index contributed by atoms with van der Waals surface area (Å²) < 4.78 is 15.3. The lowest BCUT2D eigenvalue weighted by molar-refractivity contribution is 0.413. The lowest BCUT2D eigenvalue weighted by Gasteiger charge is -2.00. The van der Waals surface area contributed by atoms with Gasteiger partial charge in [-0.25, -0.2) is 0 Å². The van der Waals surface area contributed by atoms with Crippen molar-refractivity contribution in [3.63, 3.8) is 0 Å². The van der Waals surface area contributed by atoms with Gasteiger partial charge in [0.2, 0.25) is 5.89 Å². The summed E-state index contributed by atoms with van der Waals surface area (Å²) >= 11 is 8.15. The van der Waals surface area contributed by atoms with Crippen LogP contribution in [0.15, 0.2) is 38.1 Å². The van der Waals surface area contributed by atoms with Gasteiger partial charge in [0.15, 0.2) is 5.15 Å². The second-order valence-electron chi connectivity index (χ2n) is 4.34. The Balaban J connectivity index is 1.71. The van der Waals surface area contributed by atoms with E-state index in [1.165, 1.54) is 11.8 Å². The van der Waals surface area contributed by atoms with E-state index in [2.05, 4.69) is 14.6 Å². The van der Waals surface area contributed by atoms with Crippen LogP contribution in [0.2, 0.25) is 5.15 Å². The molecule has 0 aliphatic carbocycles. The molecule has 2 heterocycles. The predicted molar refractivity (Wildman–Crippen MR) is 86.1 cm³/mol. The summed E-state index contributed by atoms with van der Waals surface area (Å²) in [4.78, 5) is 0. The number of benzene rings is 1. The van der Waals surface area contributed by atoms with Crippen LogP contribution >= 0.6 is 34.9 Å². The zero-order valence-electron chi connectivity index (χ0n) is 11.8. The van der Waals surface area contributed by atoms with Crippen LogP contribution in [0.1, 0.15) is 17.0 Å². The van der Waals surface area contributed by atoms with Crippen molar-refractivity contribution >= 4 is 34.9 Å². The number of hydrogen-bond donors (Lipinski definition) is 0. The SMILES string of the molecule is COc1ccc(Cc2nnc(Sc3snc(Cl)c3C#N)o2)cc1. The second-order valence-corrected chi connectivity index (χ2v) is 6.69. The first-order chi connectivity index (χ1) is 11.2. The molecule has 2 aromatic heterocycles. The first kappa shape index (κ1) is 15.8. The molecule has 0 saturated carbocycles. The van der Waals surface area contributed by atoms with Crippen molar-refractivity contribution in [2.45, 2.75) is 15.9 Å². The molecule has 3 rings (SSSR count). The van der Waals surface area contributed by atoms with E-state index in [1.54, 1.807) is 7.11 Å². The van der Waals surface area contributed by atoms with Gasteiger partial charge >= 0.3 is 0 Å². The van der Waals surface area contributed by atoms with Crippen molar-refractivity contribution in [1.29, 1.82) is 5.26 Å². The Morgan fingerprint density at radius 1 is 1.35 bits per heavy atom. The van der Waals surface area contributed by atoms with Gasteiger partial charge in [0.1, 0.15) is 21.6 Å². The largest absolute Gasteiger partial charge is 0.497 e. The van der Waals surface area contributed by atoms with Crippen molar-refractivity contribution in [3.05, 3.63) is 46.4 Å². The number of ether oxygens (including phenoxy) is 1. The minimum atomic E-state index is 0.193. The molecule has 1 aromatic carbocycles. The molecule has 0 atom stereocenters. The molecule has 0 bridgehead atoms. The molecule has 0 aliphatic heterocycles. The molecule has 9 heteroatoms. The Morgan fingerprint density at radius 2 is 2.13 bits per heavy atom. The van der Waals surface area contributed by atoms with Crippen LogP contribution in [0.3, 0.4) is 0 Å². The summed E-state index contributed by atoms with van der Waals surface area (Å²) in [5.41, 5.74) is 1.36. The quantitative estimate of drug-likeness (QED) is 0.680. The fourth-order valence-corrected chi connectivity index (χ4v) is 3.70. The van der Waals surface area contributed by atoms with E-state index in [-0.39, 0.29) is 5.15 Å². The minimum absolute atomic E-state index is 0.193. The van der Waals surface area contributed by atoms with Crippen molar-refractivity contribution in [2.75, 3.05) is 7.11 Å². The Morgan fingerprint density at radius 3 is 2.83 bits per heavy atom. The molecular formula is C14H9ClN4O2S2. The maximum Gasteiger partial charge on any atom is 0.282 e. The lowest BCUT2D eigenvalue weighted by atomic mass is 10.1. The van der Waals surface area contributed by atoms with Crippen LogP contribution in [-0.4, -0.2) is 21.7 Å². The van der Waals surface area contributed by atoms with E-state index in [0.29, 0.717) is 27.3 Å². The van der Waals surface area contributed by atoms with E-state index in [0.717, 1.165) is 22.8 Å². The maximum atomic E-state index is 9.05. The molecule has 0 aliphatic rings. The number of rotatable bonds is 5. The number of nitrogens with zero attached hydrogens (tertiary/aromatic N) is 4. The van der Waals surface area contributed by atoms with Crippen molar-refractivity contribution < 1.29 is 9.15 Å². The molecule has 23 heavy (non-hydrogen) atoms. The lowest BCUT2D eigenvalue weighted by Crippen LogP contribution is -1.89. The van der Waals surface area contributed by atoms with Gasteiger partial charge in [0.25, 0.3) is 5.22 Å². The summed E-state index contributed by atoms with van der Waals surface area (Å²) in [6.07, 6.45) is 0.520. The molecule has 116 valence electrons. The van der Waals surface area contributed by atoms with Crippen LogP contribution in [0.5, 0.6) is 5.75 Å². The van der Waals surface area contributed by atoms with Gasteiger partial charge in [-0.05, 0) is 41.0 Å². The highest BCUT2D eigenvalue weighted by molar-refractivity contribution is 8.00. The molecular weight excluding hydrogens is 356 g/mol. The smallest absolute Gasteiger partial charge is 0.282 e. The van der Waals surface area contributed by atoms with Crippen LogP contribution in [0.4, 0.5) is 0 Å². The third kappa shape index (κ3) is 3.64. The Hall–Kier alpha value is -2.08. The molecule has 0 unspecified atom stereocenters. The third-order valence-corrected chi connectivity index (χ3v) is 5.09. The van der Waals surface area contributed by atoms with Gasteiger partial charge in [0.05, 0.1) is 13.5 Å². The maximum absolute atomic E-state index is 9.05. The molecule has 0 spiro atoms. The second kappa shape index (κ2) is 7.00. The molecule has 6 nitrogen and oxygen atoms in total. The number of hydrogen-bond acceptors (Lipinski definition) is 8. The van der Waals surface area contributed by atoms with Gasteiger partial charge in [0, 0.05) is 0 Å². The molecule has 3 aromatic rings. The van der Waals surface area contributed by atoms with Gasteiger partial charge < -0.3 is 9.15 Å². The van der Waals surface area contributed by atoms with Crippen molar-refractivity contribution in [2.24, 2.45) is 0 Å². The zero-order valence-corrected chi connectivity index (χ0v) is 14.2. The number of nitriles is 1. The van der Waals surface area contributed by atoms with Crippen molar-refractivity contribution in [1.82, 2.24) is 14.6 Å². The summed E-state index contributed by atoms with van der Waals surface area (Å²) in [5.74, 6) is 1.29. The highest BCUT2D eigenvalue weighted by atomic mass is 35.5. The fourth-order valence-electron chi connectivity index (χ4n) is 1.77. The minimum Gasteiger partial charge on any atom is -0.497 e. The highest BCUT2D eigenvalue weighted by Crippen LogP contribution is 2.36. The molecule has 0 fully saturated rings. The number of halogens is 1. The van der Waals surface area contributed by atoms with E-state index < -0.39 is 0 Å². The summed E-state index contributed by atoms with van der Waals surface area (Å²) in [7, 11) is 1.62. The topological polar surface area (TPSA) is 84.8 Å². The van der Waals surface area contributed by atoms with Gasteiger partial charge in [-0.1, -0.05) is 23.7 Å². The average Bonchev–Trinajstić information content (AvgIpc) is 3.15. The van der Waals surface area contributed by atoms with Gasteiger partial charge in [-0.3, -0.25) is 0 Å². The fraction of sp³-hybridized carbons (Fsp3) is 0.143. The average molecular weight is 365 g/mol. The predicted octanol–water partition coefficient (Wildman–Crippen LogP) is 3.80. The Bertz CT molecular complexity index is 855. The zero-order chi connectivity index (χ0) is 16.2. The van der Waals surface area contributed by atoms with Crippen LogP contribution in [-0.2, 0) is 6.42 Å². The van der Waals surface area contributed by atoms with Crippen LogP contribution < -0.4 is 4.74 Å². The van der Waals surface area contributed by atoms with E-state index >= 15 is 0 Å². The van der Waals surface area contributed by atoms with Gasteiger partial charge in [-0.2, -0.15) is 9.64 Å². The van der Waals surface area contributed by atoms with Crippen LogP contribution in [0.25, 0.3) is 0 Å². The molecule has 0 radical (unpaired) electrons. The standard InChI is InChI=1S/C14H9ClN4O2S2/c1-20-9-4-2-8(3-5-9)6-11-17-18-14(21-11)22-13-10(7-16)12(15)19-23-13/h2-5H,6H2,1H3. The normalized spacial score (nSPS) is 10.5. The van der Waals surface area contributed by atoms with Gasteiger partial charge in [-0.15, -0.1) is 10.2 Å². The third-order valence-electron chi connectivity index (χ3n) is 2.87. The monoisotopic (exact) mass is 364 g/mol. The molecule has 0 saturated heterocycles. The Labute approximate surface area is 145 Å². The first-order valence-electron chi connectivity index (χ1n) is 6.38. The number of methoxy groups -OCH3 is 1. The van der Waals surface area contributed by atoms with E-state index in [4.69, 9.17) is 26.0 Å². The highest BCUT2D eigenvalue weighted by Gasteiger charge is 2.16. The first-order valence-corrected chi connectivity index (χ1v) is 8.35. The summed E-state index contributed by atoms with van der Waals surface area (Å²) in [6.45, 7) is 0.